The number of nitrogens with one attached hydrogen (secondary N) is 1. The first-order valence-electron chi connectivity index (χ1n) is 6.06. The van der Waals surface area contributed by atoms with Gasteiger partial charge in [-0.05, 0) is 31.0 Å². The number of hydrogen-bond acceptors (Lipinski definition) is 2. The fourth-order valence-corrected chi connectivity index (χ4v) is 2.68. The van der Waals surface area contributed by atoms with E-state index in [9.17, 15) is 17.6 Å². The Bertz CT molecular complexity index is 539. The Balaban J connectivity index is 2.42. The second-order valence-corrected chi connectivity index (χ2v) is 5.42. The maximum Gasteiger partial charge on any atom is 0.188 e. The van der Waals surface area contributed by atoms with Crippen molar-refractivity contribution >= 4 is 22.9 Å². The molecular formula is C13H14F4N2S. The van der Waals surface area contributed by atoms with Crippen molar-refractivity contribution in [1.82, 2.24) is 5.32 Å². The average Bonchev–Trinajstić information content (AvgIpc) is 2.45. The smallest absolute Gasteiger partial charge is 0.188 e. The number of alkyl halides is 3. The lowest BCUT2D eigenvalue weighted by Gasteiger charge is -2.42. The first-order valence-corrected chi connectivity index (χ1v) is 6.47. The number of nitrogens with two attached hydrogens (primary N) is 1. The summed E-state index contributed by atoms with van der Waals surface area (Å²) in [6.07, 6.45) is -0.433. The summed E-state index contributed by atoms with van der Waals surface area (Å²) < 4.78 is 54.2. The number of rotatable bonds is 3. The molecule has 1 unspecified atom stereocenters. The van der Waals surface area contributed by atoms with Gasteiger partial charge in [0.1, 0.15) is 24.2 Å². The fourth-order valence-electron chi connectivity index (χ4n) is 2.33. The van der Waals surface area contributed by atoms with Gasteiger partial charge >= 0.3 is 0 Å². The van der Waals surface area contributed by atoms with Crippen LogP contribution in [0.3, 0.4) is 0 Å². The van der Waals surface area contributed by atoms with Crippen LogP contribution in [0.4, 0.5) is 23.2 Å². The first kappa shape index (κ1) is 15.0. The Morgan fingerprint density at radius 2 is 1.95 bits per heavy atom. The lowest BCUT2D eigenvalue weighted by Crippen LogP contribution is -2.60. The second kappa shape index (κ2) is 5.20. The number of anilines is 1. The van der Waals surface area contributed by atoms with Gasteiger partial charge in [0.15, 0.2) is 5.67 Å². The van der Waals surface area contributed by atoms with Crippen molar-refractivity contribution in [3.05, 3.63) is 29.6 Å². The van der Waals surface area contributed by atoms with Gasteiger partial charge in [-0.2, -0.15) is 0 Å². The molecule has 0 radical (unpaired) electrons. The van der Waals surface area contributed by atoms with E-state index in [1.807, 2.05) is 0 Å². The highest BCUT2D eigenvalue weighted by Crippen LogP contribution is 2.39. The van der Waals surface area contributed by atoms with Gasteiger partial charge < -0.3 is 11.1 Å². The lowest BCUT2D eigenvalue weighted by atomic mass is 9.79. The van der Waals surface area contributed by atoms with Crippen LogP contribution in [0.5, 0.6) is 0 Å². The first-order chi connectivity index (χ1) is 9.37. The Hall–Kier alpha value is -1.37. The zero-order valence-corrected chi connectivity index (χ0v) is 11.4. The second-order valence-electron chi connectivity index (χ2n) is 5.01. The van der Waals surface area contributed by atoms with Crippen molar-refractivity contribution in [2.24, 2.45) is 0 Å². The van der Waals surface area contributed by atoms with Crippen LogP contribution >= 0.6 is 12.2 Å². The van der Waals surface area contributed by atoms with E-state index in [4.69, 9.17) is 18.0 Å². The monoisotopic (exact) mass is 306 g/mol. The van der Waals surface area contributed by atoms with Gasteiger partial charge in [0.25, 0.3) is 0 Å². The molecule has 0 spiro atoms. The molecule has 1 heterocycles. The fraction of sp³-hybridized carbons (Fsp3) is 0.462. The molecule has 1 aromatic carbocycles. The minimum absolute atomic E-state index is 0.0248. The van der Waals surface area contributed by atoms with Crippen LogP contribution in [0.25, 0.3) is 0 Å². The van der Waals surface area contributed by atoms with Gasteiger partial charge in [0.2, 0.25) is 0 Å². The summed E-state index contributed by atoms with van der Waals surface area (Å²) in [5.41, 5.74) is 1.99. The predicted octanol–water partition coefficient (Wildman–Crippen LogP) is 2.96. The van der Waals surface area contributed by atoms with Crippen LogP contribution in [0.1, 0.15) is 18.4 Å². The van der Waals surface area contributed by atoms with Crippen molar-refractivity contribution in [3.63, 3.8) is 0 Å². The summed E-state index contributed by atoms with van der Waals surface area (Å²) in [5, 5.41) is 2.45. The third kappa shape index (κ3) is 2.34. The molecule has 2 atom stereocenters. The third-order valence-corrected chi connectivity index (χ3v) is 4.12. The maximum absolute atomic E-state index is 14.1. The van der Waals surface area contributed by atoms with Gasteiger partial charge in [-0.1, -0.05) is 12.2 Å². The van der Waals surface area contributed by atoms with Gasteiger partial charge in [0, 0.05) is 11.3 Å². The molecule has 20 heavy (non-hydrogen) atoms. The highest BCUT2D eigenvalue weighted by Gasteiger charge is 2.48. The molecule has 2 rings (SSSR count). The van der Waals surface area contributed by atoms with E-state index in [1.165, 1.54) is 12.1 Å². The van der Waals surface area contributed by atoms with Crippen molar-refractivity contribution in [2.45, 2.75) is 24.0 Å². The van der Waals surface area contributed by atoms with Crippen LogP contribution in [0.15, 0.2) is 18.2 Å². The molecule has 2 nitrogen and oxygen atoms in total. The normalized spacial score (nSPS) is 30.1. The molecule has 0 aliphatic carbocycles. The van der Waals surface area contributed by atoms with Crippen LogP contribution in [-0.4, -0.2) is 24.0 Å². The lowest BCUT2D eigenvalue weighted by molar-refractivity contribution is 0.120. The molecule has 110 valence electrons. The summed E-state index contributed by atoms with van der Waals surface area (Å²) in [5.74, 6) is -0.668. The van der Waals surface area contributed by atoms with Crippen molar-refractivity contribution in [1.29, 1.82) is 0 Å². The molecule has 0 bridgehead atoms. The Morgan fingerprint density at radius 1 is 1.25 bits per heavy atom. The molecule has 1 aliphatic rings. The predicted molar refractivity (Wildman–Crippen MR) is 73.2 cm³/mol. The van der Waals surface area contributed by atoms with Crippen LogP contribution in [-0.2, 0) is 5.54 Å². The van der Waals surface area contributed by atoms with E-state index in [0.29, 0.717) is 0 Å². The van der Waals surface area contributed by atoms with E-state index in [0.717, 1.165) is 6.07 Å². The minimum atomic E-state index is -2.31. The topological polar surface area (TPSA) is 38.0 Å². The summed E-state index contributed by atoms with van der Waals surface area (Å²) in [7, 11) is 0. The molecule has 1 saturated heterocycles. The van der Waals surface area contributed by atoms with Crippen molar-refractivity contribution in [3.8, 4) is 0 Å². The summed E-state index contributed by atoms with van der Waals surface area (Å²) >= 11 is 4.78. The number of piperidine rings is 1. The summed E-state index contributed by atoms with van der Waals surface area (Å²) in [6, 6.07) is 3.73. The number of thiocarbonyl (C=S) groups is 1. The molecule has 0 aromatic heterocycles. The van der Waals surface area contributed by atoms with Crippen molar-refractivity contribution in [2.75, 3.05) is 19.1 Å². The Kier molecular flexibility index (Phi) is 3.90. The molecule has 1 fully saturated rings. The van der Waals surface area contributed by atoms with Gasteiger partial charge in [-0.3, -0.25) is 0 Å². The summed E-state index contributed by atoms with van der Waals surface area (Å²) in [6.45, 7) is -2.30. The quantitative estimate of drug-likeness (QED) is 0.512. The standard InChI is InChI=1S/C13H14F4N2S/c14-6-12(17)3-4-13(7-15,19-11(12)20)9-5-8(18)1-2-10(9)16/h1-2,5H,3-4,6-7,18H2,(H,19,20)/t12?,13-/m1/s1. The summed E-state index contributed by atoms with van der Waals surface area (Å²) in [4.78, 5) is -0.439. The Labute approximate surface area is 119 Å². The van der Waals surface area contributed by atoms with Gasteiger partial charge in [-0.15, -0.1) is 0 Å². The average molecular weight is 306 g/mol. The van der Waals surface area contributed by atoms with E-state index in [2.05, 4.69) is 5.32 Å². The van der Waals surface area contributed by atoms with E-state index < -0.39 is 35.4 Å². The molecule has 7 heteroatoms. The number of halogens is 4. The van der Waals surface area contributed by atoms with Gasteiger partial charge in [0.05, 0.1) is 5.54 Å². The molecule has 1 aliphatic heterocycles. The SMILES string of the molecule is Nc1ccc(F)c([C@]2(CF)CCC(F)(CF)C(=S)N2)c1. The van der Waals surface area contributed by atoms with Crippen LogP contribution in [0.2, 0.25) is 0 Å². The zero-order valence-electron chi connectivity index (χ0n) is 10.6. The number of hydrogen-bond donors (Lipinski definition) is 2. The number of benzene rings is 1. The third-order valence-electron chi connectivity index (χ3n) is 3.65. The zero-order chi connectivity index (χ0) is 15.0. The van der Waals surface area contributed by atoms with Crippen LogP contribution in [0, 0.1) is 5.82 Å². The Morgan fingerprint density at radius 3 is 2.50 bits per heavy atom. The van der Waals surface area contributed by atoms with E-state index in [1.54, 1.807) is 0 Å². The minimum Gasteiger partial charge on any atom is -0.399 e. The highest BCUT2D eigenvalue weighted by atomic mass is 32.1. The highest BCUT2D eigenvalue weighted by molar-refractivity contribution is 7.80. The molecule has 1 aromatic rings. The maximum atomic E-state index is 14.1. The molecule has 3 N–H and O–H groups in total. The van der Waals surface area contributed by atoms with E-state index >= 15 is 0 Å². The molecule has 0 amide bonds. The van der Waals surface area contributed by atoms with Crippen LogP contribution < -0.4 is 11.1 Å². The van der Waals surface area contributed by atoms with Crippen molar-refractivity contribution < 1.29 is 17.6 Å². The van der Waals surface area contributed by atoms with Gasteiger partial charge in [-0.25, -0.2) is 17.6 Å². The van der Waals surface area contributed by atoms with E-state index in [-0.39, 0.29) is 24.1 Å². The molecular weight excluding hydrogens is 292 g/mol. The number of nitrogen functional groups attached to an aromatic ring is 1. The molecule has 0 saturated carbocycles. The largest absolute Gasteiger partial charge is 0.399 e.